The predicted molar refractivity (Wildman–Crippen MR) is 91.6 cm³/mol. The van der Waals surface area contributed by atoms with Gasteiger partial charge in [-0.25, -0.2) is 17.9 Å². The van der Waals surface area contributed by atoms with Crippen LogP contribution in [-0.2, 0) is 16.6 Å². The largest absolute Gasteiger partial charge is 0.476 e. The van der Waals surface area contributed by atoms with Gasteiger partial charge in [-0.3, -0.25) is 0 Å². The number of sulfonamides is 1. The third-order valence-corrected chi connectivity index (χ3v) is 5.31. The summed E-state index contributed by atoms with van der Waals surface area (Å²) in [5, 5.41) is 19.9. The smallest absolute Gasteiger partial charge is 0.356 e. The third kappa shape index (κ3) is 3.46. The van der Waals surface area contributed by atoms with E-state index in [2.05, 4.69) is 4.72 Å². The number of aromatic nitrogens is 1. The van der Waals surface area contributed by atoms with Crippen molar-refractivity contribution in [2.24, 2.45) is 0 Å². The zero-order chi connectivity index (χ0) is 18.2. The molecule has 7 nitrogen and oxygen atoms in total. The van der Waals surface area contributed by atoms with E-state index in [-0.39, 0.29) is 22.7 Å². The number of fused-ring (bicyclic) bond motifs is 1. The van der Waals surface area contributed by atoms with E-state index in [1.165, 1.54) is 24.3 Å². The normalized spacial score (nSPS) is 11.7. The third-order valence-electron chi connectivity index (χ3n) is 3.66. The van der Waals surface area contributed by atoms with Crippen molar-refractivity contribution < 1.29 is 23.5 Å². The average molecular weight is 381 g/mol. The average Bonchev–Trinajstić information content (AvgIpc) is 2.91. The molecule has 0 fully saturated rings. The van der Waals surface area contributed by atoms with E-state index in [1.807, 2.05) is 0 Å². The van der Waals surface area contributed by atoms with Gasteiger partial charge in [0, 0.05) is 17.0 Å². The van der Waals surface area contributed by atoms with Crippen LogP contribution in [0.4, 0.5) is 0 Å². The number of hydrogen-bond donors (Lipinski definition) is 3. The Labute approximate surface area is 148 Å². The highest BCUT2D eigenvalue weighted by Gasteiger charge is 2.19. The molecule has 0 aliphatic carbocycles. The Morgan fingerprint density at radius 1 is 1.12 bits per heavy atom. The van der Waals surface area contributed by atoms with Crippen molar-refractivity contribution in [3.05, 3.63) is 64.8 Å². The van der Waals surface area contributed by atoms with E-state index < -0.39 is 16.0 Å². The minimum absolute atomic E-state index is 0.0675. The van der Waals surface area contributed by atoms with Gasteiger partial charge in [-0.05, 0) is 35.9 Å². The summed E-state index contributed by atoms with van der Waals surface area (Å²) in [5.74, 6) is -1.32. The number of nitrogens with zero attached hydrogens (tertiary/aromatic N) is 1. The van der Waals surface area contributed by atoms with E-state index in [0.29, 0.717) is 15.1 Å². The van der Waals surface area contributed by atoms with Gasteiger partial charge in [-0.1, -0.05) is 29.8 Å². The molecule has 25 heavy (non-hydrogen) atoms. The number of nitrogens with one attached hydrogen (secondary N) is 1. The van der Waals surface area contributed by atoms with Crippen LogP contribution in [0.5, 0.6) is 0 Å². The Morgan fingerprint density at radius 2 is 1.80 bits per heavy atom. The lowest BCUT2D eigenvalue weighted by Gasteiger charge is -2.08. The second kappa shape index (κ2) is 6.40. The Morgan fingerprint density at radius 3 is 2.44 bits per heavy atom. The molecule has 1 aromatic heterocycles. The van der Waals surface area contributed by atoms with Gasteiger partial charge in [-0.2, -0.15) is 4.73 Å². The zero-order valence-electron chi connectivity index (χ0n) is 12.7. The lowest BCUT2D eigenvalue weighted by molar-refractivity contribution is 0.0649. The molecule has 0 amide bonds. The van der Waals surface area contributed by atoms with Crippen LogP contribution in [0, 0.1) is 0 Å². The molecule has 130 valence electrons. The van der Waals surface area contributed by atoms with Gasteiger partial charge in [0.1, 0.15) is 0 Å². The first-order chi connectivity index (χ1) is 11.8. The summed E-state index contributed by atoms with van der Waals surface area (Å²) in [6.07, 6.45) is 0. The molecule has 3 N–H and O–H groups in total. The van der Waals surface area contributed by atoms with E-state index >= 15 is 0 Å². The molecule has 0 saturated carbocycles. The molecule has 0 saturated heterocycles. The van der Waals surface area contributed by atoms with Crippen molar-refractivity contribution >= 4 is 38.5 Å². The fourth-order valence-electron chi connectivity index (χ4n) is 2.35. The zero-order valence-corrected chi connectivity index (χ0v) is 14.3. The molecule has 0 unspecified atom stereocenters. The molecule has 2 aromatic carbocycles. The van der Waals surface area contributed by atoms with Crippen molar-refractivity contribution in [1.82, 2.24) is 9.45 Å². The highest BCUT2D eigenvalue weighted by Crippen LogP contribution is 2.22. The summed E-state index contributed by atoms with van der Waals surface area (Å²) in [7, 11) is -3.84. The second-order valence-electron chi connectivity index (χ2n) is 5.32. The molecular formula is C16H13ClN2O5S. The van der Waals surface area contributed by atoms with Gasteiger partial charge in [0.05, 0.1) is 10.4 Å². The molecule has 3 aromatic rings. The number of benzene rings is 2. The van der Waals surface area contributed by atoms with Gasteiger partial charge in [0.2, 0.25) is 10.0 Å². The summed E-state index contributed by atoms with van der Waals surface area (Å²) in [6.45, 7) is 0.0675. The van der Waals surface area contributed by atoms with Crippen LogP contribution in [0.15, 0.2) is 53.4 Å². The molecule has 0 aliphatic heterocycles. The fourth-order valence-corrected chi connectivity index (χ4v) is 3.51. The molecule has 9 heteroatoms. The van der Waals surface area contributed by atoms with Gasteiger partial charge in [-0.15, -0.1) is 0 Å². The number of rotatable bonds is 5. The Bertz CT molecular complexity index is 1060. The van der Waals surface area contributed by atoms with Crippen molar-refractivity contribution in [2.45, 2.75) is 11.4 Å². The van der Waals surface area contributed by atoms with Crippen LogP contribution in [0.25, 0.3) is 10.9 Å². The maximum atomic E-state index is 12.4. The van der Waals surface area contributed by atoms with Crippen molar-refractivity contribution in [1.29, 1.82) is 0 Å². The monoisotopic (exact) mass is 380 g/mol. The van der Waals surface area contributed by atoms with Gasteiger partial charge in [0.25, 0.3) is 0 Å². The van der Waals surface area contributed by atoms with E-state index in [0.717, 1.165) is 5.56 Å². The minimum Gasteiger partial charge on any atom is -0.476 e. The second-order valence-corrected chi connectivity index (χ2v) is 7.52. The van der Waals surface area contributed by atoms with Crippen LogP contribution in [-0.4, -0.2) is 29.4 Å². The van der Waals surface area contributed by atoms with Gasteiger partial charge in [0.15, 0.2) is 5.69 Å². The maximum Gasteiger partial charge on any atom is 0.356 e. The minimum atomic E-state index is -3.84. The van der Waals surface area contributed by atoms with Crippen molar-refractivity contribution in [3.63, 3.8) is 0 Å². The number of halogens is 1. The quantitative estimate of drug-likeness (QED) is 0.590. The first kappa shape index (κ1) is 17.3. The Balaban J connectivity index is 1.90. The first-order valence-electron chi connectivity index (χ1n) is 7.10. The molecule has 0 bridgehead atoms. The number of hydrogen-bond acceptors (Lipinski definition) is 4. The molecule has 0 aliphatic rings. The van der Waals surface area contributed by atoms with E-state index in [9.17, 15) is 18.4 Å². The number of carboxylic acids is 1. The molecular weight excluding hydrogens is 368 g/mol. The lowest BCUT2D eigenvalue weighted by atomic mass is 10.2. The molecule has 3 rings (SSSR count). The summed E-state index contributed by atoms with van der Waals surface area (Å²) < 4.78 is 27.7. The fraction of sp³-hybridized carbons (Fsp3) is 0.0625. The van der Waals surface area contributed by atoms with E-state index in [1.54, 1.807) is 24.3 Å². The van der Waals surface area contributed by atoms with Crippen molar-refractivity contribution in [3.8, 4) is 0 Å². The van der Waals surface area contributed by atoms with E-state index in [4.69, 9.17) is 16.7 Å². The van der Waals surface area contributed by atoms with Crippen molar-refractivity contribution in [2.75, 3.05) is 0 Å². The predicted octanol–water partition coefficient (Wildman–Crippen LogP) is 2.71. The Hall–Kier alpha value is -2.55. The molecule has 0 spiro atoms. The highest BCUT2D eigenvalue weighted by molar-refractivity contribution is 7.89. The topological polar surface area (TPSA) is 109 Å². The molecule has 0 radical (unpaired) electrons. The summed E-state index contributed by atoms with van der Waals surface area (Å²) >= 11 is 5.79. The lowest BCUT2D eigenvalue weighted by Crippen LogP contribution is -2.23. The number of carboxylic acid groups (broad SMARTS) is 1. The Kier molecular flexibility index (Phi) is 4.42. The van der Waals surface area contributed by atoms with Crippen LogP contribution >= 0.6 is 11.6 Å². The van der Waals surface area contributed by atoms with Crippen LogP contribution < -0.4 is 4.72 Å². The summed E-state index contributed by atoms with van der Waals surface area (Å²) in [6, 6.07) is 12.0. The summed E-state index contributed by atoms with van der Waals surface area (Å²) in [5.41, 5.74) is 0.471. The standard InChI is InChI=1S/C16H13ClN2O5S/c17-12-4-1-10(2-5-12)9-18-25(23,24)13-6-3-11-7-15(16(20)21)19(22)14(11)8-13/h1-8,18,22H,9H2,(H,20,21). The SMILES string of the molecule is O=C(O)c1cc2ccc(S(=O)(=O)NCc3ccc(Cl)cc3)cc2n1O. The molecule has 1 heterocycles. The van der Waals surface area contributed by atoms with Crippen LogP contribution in [0.2, 0.25) is 5.02 Å². The number of aromatic carboxylic acids is 1. The number of carbonyl (C=O) groups is 1. The maximum absolute atomic E-state index is 12.4. The van der Waals surface area contributed by atoms with Gasteiger partial charge >= 0.3 is 5.97 Å². The van der Waals surface area contributed by atoms with Crippen LogP contribution in [0.1, 0.15) is 16.1 Å². The first-order valence-corrected chi connectivity index (χ1v) is 8.96. The molecule has 0 atom stereocenters. The van der Waals surface area contributed by atoms with Crippen LogP contribution in [0.3, 0.4) is 0 Å². The summed E-state index contributed by atoms with van der Waals surface area (Å²) in [4.78, 5) is 11.0. The highest BCUT2D eigenvalue weighted by atomic mass is 35.5. The van der Waals surface area contributed by atoms with Gasteiger partial charge < -0.3 is 10.3 Å².